The first kappa shape index (κ1) is 25.6. The van der Waals surface area contributed by atoms with Gasteiger partial charge in [-0.05, 0) is 73.9 Å². The Morgan fingerprint density at radius 2 is 1.82 bits per heavy atom. The molecule has 3 fully saturated rings. The number of aryl methyl sites for hydroxylation is 1. The van der Waals surface area contributed by atoms with E-state index in [1.807, 2.05) is 23.6 Å². The van der Waals surface area contributed by atoms with Crippen molar-refractivity contribution >= 4 is 17.8 Å². The molecule has 1 aromatic carbocycles. The maximum absolute atomic E-state index is 14.6. The lowest BCUT2D eigenvalue weighted by Gasteiger charge is -2.37. The maximum Gasteiger partial charge on any atom is 0.266 e. The van der Waals surface area contributed by atoms with Gasteiger partial charge in [0.1, 0.15) is 11.6 Å². The Kier molecular flexibility index (Phi) is 6.64. The minimum Gasteiger partial charge on any atom is -0.340 e. The number of anilines is 2. The molecule has 0 N–H and O–H groups in total. The summed E-state index contributed by atoms with van der Waals surface area (Å²) >= 11 is 0. The molecular formula is C27H33F2N9O. The highest BCUT2D eigenvalue weighted by atomic mass is 19.1. The quantitative estimate of drug-likeness (QED) is 0.453. The third-order valence-corrected chi connectivity index (χ3v) is 8.56. The van der Waals surface area contributed by atoms with E-state index in [2.05, 4.69) is 30.3 Å². The van der Waals surface area contributed by atoms with Gasteiger partial charge in [-0.1, -0.05) is 5.10 Å². The Morgan fingerprint density at radius 1 is 1.08 bits per heavy atom. The summed E-state index contributed by atoms with van der Waals surface area (Å²) in [7, 11) is 0. The fraction of sp³-hybridized carbons (Fsp3) is 0.556. The Balaban J connectivity index is 1.11. The molecule has 0 radical (unpaired) electrons. The molecule has 1 amide bonds. The molecule has 4 heterocycles. The van der Waals surface area contributed by atoms with Crippen molar-refractivity contribution in [3.05, 3.63) is 53.4 Å². The molecule has 1 unspecified atom stereocenters. The minimum absolute atomic E-state index is 0.0688. The predicted octanol–water partition coefficient (Wildman–Crippen LogP) is 3.28. The smallest absolute Gasteiger partial charge is 0.266 e. The number of amides is 1. The summed E-state index contributed by atoms with van der Waals surface area (Å²) in [5.41, 5.74) is 0.807. The number of carbonyl (C=O) groups excluding carboxylic acids is 1. The number of aromatic nitrogens is 6. The van der Waals surface area contributed by atoms with Gasteiger partial charge in [0.05, 0.1) is 12.1 Å². The Morgan fingerprint density at radius 3 is 2.46 bits per heavy atom. The highest BCUT2D eigenvalue weighted by molar-refractivity contribution is 5.94. The van der Waals surface area contributed by atoms with Gasteiger partial charge in [-0.3, -0.25) is 4.79 Å². The van der Waals surface area contributed by atoms with E-state index in [1.165, 1.54) is 12.1 Å². The van der Waals surface area contributed by atoms with Gasteiger partial charge in [0.2, 0.25) is 5.95 Å². The van der Waals surface area contributed by atoms with Crippen LogP contribution in [0, 0.1) is 17.0 Å². The highest BCUT2D eigenvalue weighted by Crippen LogP contribution is 2.60. The van der Waals surface area contributed by atoms with Crippen LogP contribution in [0.5, 0.6) is 0 Å². The molecule has 1 aliphatic carbocycles. The fourth-order valence-corrected chi connectivity index (χ4v) is 6.20. The van der Waals surface area contributed by atoms with Crippen molar-refractivity contribution in [1.29, 1.82) is 0 Å². The lowest BCUT2D eigenvalue weighted by molar-refractivity contribution is 0.0662. The van der Waals surface area contributed by atoms with E-state index >= 15 is 0 Å². The number of hydrogen-bond acceptors (Lipinski definition) is 8. The topological polar surface area (TPSA) is 96.2 Å². The van der Waals surface area contributed by atoms with Crippen molar-refractivity contribution in [1.82, 2.24) is 35.1 Å². The van der Waals surface area contributed by atoms with Crippen LogP contribution in [0.2, 0.25) is 0 Å². The van der Waals surface area contributed by atoms with Crippen molar-refractivity contribution in [3.8, 4) is 0 Å². The zero-order valence-electron chi connectivity index (χ0n) is 22.3. The van der Waals surface area contributed by atoms with Gasteiger partial charge in [0.25, 0.3) is 11.9 Å². The van der Waals surface area contributed by atoms with Gasteiger partial charge in [0.15, 0.2) is 0 Å². The molecule has 1 spiro atoms. The summed E-state index contributed by atoms with van der Waals surface area (Å²) in [4.78, 5) is 30.1. The molecule has 1 saturated carbocycles. The number of halogens is 2. The average molecular weight is 538 g/mol. The van der Waals surface area contributed by atoms with Gasteiger partial charge in [-0.15, -0.1) is 5.10 Å². The minimum atomic E-state index is -0.424. The second-order valence-electron chi connectivity index (χ2n) is 10.8. The standard InChI is InChI=1S/C27H33F2N9O/c1-3-37(20-7-11-35(12-8-20)26-32-34-38(4-2)33-26)24(39)18-14-30-25(31-15-18)36-16-22(27(17-36)9-10-27)21-13-19(28)5-6-23(21)29/h5-6,13-15,20,22H,3-4,7-12,16-17H2,1-2H3. The van der Waals surface area contributed by atoms with Crippen molar-refractivity contribution in [2.45, 2.75) is 58.0 Å². The SMILES string of the molecule is CCN(C(=O)c1cnc(N2CC(c3cc(F)ccc3F)C3(CC3)C2)nc1)C1CCN(c2nnn(CC)n2)CC1. The summed E-state index contributed by atoms with van der Waals surface area (Å²) in [6, 6.07) is 3.79. The molecule has 3 aliphatic rings. The summed E-state index contributed by atoms with van der Waals surface area (Å²) < 4.78 is 28.5. The van der Waals surface area contributed by atoms with Crippen LogP contribution >= 0.6 is 0 Å². The van der Waals surface area contributed by atoms with E-state index in [4.69, 9.17) is 0 Å². The predicted molar refractivity (Wildman–Crippen MR) is 140 cm³/mol. The number of carbonyl (C=O) groups is 1. The molecule has 2 saturated heterocycles. The van der Waals surface area contributed by atoms with E-state index in [-0.39, 0.29) is 29.1 Å². The number of tetrazole rings is 1. The third kappa shape index (κ3) is 4.80. The first-order valence-electron chi connectivity index (χ1n) is 13.8. The fourth-order valence-electron chi connectivity index (χ4n) is 6.20. The number of piperidine rings is 1. The normalized spacial score (nSPS) is 20.6. The maximum atomic E-state index is 14.6. The Hall–Kier alpha value is -3.70. The summed E-state index contributed by atoms with van der Waals surface area (Å²) in [6.45, 7) is 7.94. The van der Waals surface area contributed by atoms with Crippen LogP contribution < -0.4 is 9.80 Å². The van der Waals surface area contributed by atoms with Gasteiger partial charge in [-0.2, -0.15) is 4.80 Å². The molecule has 0 bridgehead atoms. The second kappa shape index (κ2) is 10.1. The molecule has 1 atom stereocenters. The Labute approximate surface area is 226 Å². The molecule has 10 nitrogen and oxygen atoms in total. The largest absolute Gasteiger partial charge is 0.340 e. The Bertz CT molecular complexity index is 1340. The van der Waals surface area contributed by atoms with Crippen LogP contribution in [0.15, 0.2) is 30.6 Å². The van der Waals surface area contributed by atoms with Crippen molar-refractivity contribution in [3.63, 3.8) is 0 Å². The highest BCUT2D eigenvalue weighted by Gasteiger charge is 2.56. The molecule has 39 heavy (non-hydrogen) atoms. The molecule has 206 valence electrons. The van der Waals surface area contributed by atoms with Crippen LogP contribution in [-0.4, -0.2) is 79.7 Å². The van der Waals surface area contributed by atoms with Crippen LogP contribution in [0.1, 0.15) is 61.4 Å². The average Bonchev–Trinajstić information content (AvgIpc) is 3.40. The number of hydrogen-bond donors (Lipinski definition) is 0. The summed E-state index contributed by atoms with van der Waals surface area (Å²) in [6.07, 6.45) is 6.74. The van der Waals surface area contributed by atoms with E-state index in [0.29, 0.717) is 49.2 Å². The van der Waals surface area contributed by atoms with E-state index in [0.717, 1.165) is 44.8 Å². The van der Waals surface area contributed by atoms with Crippen LogP contribution in [-0.2, 0) is 6.54 Å². The van der Waals surface area contributed by atoms with Gasteiger partial charge < -0.3 is 14.7 Å². The molecule has 6 rings (SSSR count). The van der Waals surface area contributed by atoms with Crippen molar-refractivity contribution in [2.24, 2.45) is 5.41 Å². The van der Waals surface area contributed by atoms with E-state index in [1.54, 1.807) is 17.2 Å². The summed E-state index contributed by atoms with van der Waals surface area (Å²) in [5.74, 6) is 0.156. The molecule has 2 aliphatic heterocycles. The molecule has 12 heteroatoms. The first-order chi connectivity index (χ1) is 18.9. The number of nitrogens with zero attached hydrogens (tertiary/aromatic N) is 9. The summed E-state index contributed by atoms with van der Waals surface area (Å²) in [5, 5.41) is 12.6. The van der Waals surface area contributed by atoms with Crippen molar-refractivity contribution in [2.75, 3.05) is 42.5 Å². The lowest BCUT2D eigenvalue weighted by atomic mass is 9.86. The van der Waals surface area contributed by atoms with Crippen LogP contribution in [0.3, 0.4) is 0 Å². The first-order valence-corrected chi connectivity index (χ1v) is 13.8. The third-order valence-electron chi connectivity index (χ3n) is 8.56. The lowest BCUT2D eigenvalue weighted by Crippen LogP contribution is -2.47. The van der Waals surface area contributed by atoms with Crippen molar-refractivity contribution < 1.29 is 13.6 Å². The number of benzene rings is 1. The molecule has 2 aromatic heterocycles. The molecule has 3 aromatic rings. The van der Waals surface area contributed by atoms with Crippen LogP contribution in [0.4, 0.5) is 20.7 Å². The van der Waals surface area contributed by atoms with E-state index < -0.39 is 5.82 Å². The number of rotatable bonds is 7. The van der Waals surface area contributed by atoms with Gasteiger partial charge >= 0.3 is 0 Å². The monoisotopic (exact) mass is 537 g/mol. The molecular weight excluding hydrogens is 504 g/mol. The van der Waals surface area contributed by atoms with E-state index in [9.17, 15) is 13.6 Å². The zero-order chi connectivity index (χ0) is 27.1. The van der Waals surface area contributed by atoms with Gasteiger partial charge in [-0.25, -0.2) is 18.7 Å². The second-order valence-corrected chi connectivity index (χ2v) is 10.8. The van der Waals surface area contributed by atoms with Gasteiger partial charge in [0, 0.05) is 57.1 Å². The van der Waals surface area contributed by atoms with Crippen LogP contribution in [0.25, 0.3) is 0 Å². The zero-order valence-corrected chi connectivity index (χ0v) is 22.3.